The summed E-state index contributed by atoms with van der Waals surface area (Å²) in [7, 11) is 0. The monoisotopic (exact) mass is 273 g/mol. The van der Waals surface area contributed by atoms with E-state index in [-0.39, 0.29) is 18.1 Å². The summed E-state index contributed by atoms with van der Waals surface area (Å²) in [5.41, 5.74) is -0.0170. The molecule has 6 nitrogen and oxygen atoms in total. The molecule has 1 aliphatic rings. The van der Waals surface area contributed by atoms with Crippen molar-refractivity contribution in [2.45, 2.75) is 12.8 Å². The van der Waals surface area contributed by atoms with Gasteiger partial charge in [0.25, 0.3) is 5.69 Å². The van der Waals surface area contributed by atoms with Gasteiger partial charge in [-0.15, -0.1) is 12.4 Å². The fraction of sp³-hybridized carbons (Fsp3) is 0.545. The maximum Gasteiger partial charge on any atom is 0.287 e. The average molecular weight is 274 g/mol. The van der Waals surface area contributed by atoms with Crippen LogP contribution in [0.1, 0.15) is 12.8 Å². The van der Waals surface area contributed by atoms with Crippen molar-refractivity contribution in [3.63, 3.8) is 0 Å². The SMILES string of the molecule is Cl.O=[N+]([O-])c1ccc(OCC2CCCNC2)nc1. The second kappa shape index (κ2) is 7.13. The van der Waals surface area contributed by atoms with Crippen molar-refractivity contribution >= 4 is 18.1 Å². The third kappa shape index (κ3) is 4.12. The van der Waals surface area contributed by atoms with Gasteiger partial charge in [0, 0.05) is 24.6 Å². The Balaban J connectivity index is 0.00000162. The van der Waals surface area contributed by atoms with Crippen LogP contribution in [-0.4, -0.2) is 29.6 Å². The highest BCUT2D eigenvalue weighted by molar-refractivity contribution is 5.85. The van der Waals surface area contributed by atoms with Crippen LogP contribution in [0.25, 0.3) is 0 Å². The van der Waals surface area contributed by atoms with E-state index in [0.717, 1.165) is 19.5 Å². The lowest BCUT2D eigenvalue weighted by Gasteiger charge is -2.22. The smallest absolute Gasteiger partial charge is 0.287 e. The zero-order chi connectivity index (χ0) is 12.1. The van der Waals surface area contributed by atoms with Crippen molar-refractivity contribution in [3.05, 3.63) is 28.4 Å². The Morgan fingerprint density at radius 2 is 2.39 bits per heavy atom. The molecule has 1 unspecified atom stereocenters. The number of aromatic nitrogens is 1. The summed E-state index contributed by atoms with van der Waals surface area (Å²) in [4.78, 5) is 13.9. The lowest BCUT2D eigenvalue weighted by Crippen LogP contribution is -2.33. The van der Waals surface area contributed by atoms with Gasteiger partial charge in [-0.3, -0.25) is 10.1 Å². The van der Waals surface area contributed by atoms with E-state index in [0.29, 0.717) is 18.4 Å². The first kappa shape index (κ1) is 14.7. The number of ether oxygens (including phenoxy) is 1. The second-order valence-electron chi connectivity index (χ2n) is 4.14. The molecule has 18 heavy (non-hydrogen) atoms. The number of nitrogens with one attached hydrogen (secondary N) is 1. The maximum absolute atomic E-state index is 10.4. The molecule has 1 N–H and O–H groups in total. The minimum Gasteiger partial charge on any atom is -0.477 e. The van der Waals surface area contributed by atoms with Gasteiger partial charge in [-0.05, 0) is 19.4 Å². The molecule has 0 spiro atoms. The molecule has 0 amide bonds. The van der Waals surface area contributed by atoms with Crippen molar-refractivity contribution in [2.75, 3.05) is 19.7 Å². The zero-order valence-corrected chi connectivity index (χ0v) is 10.7. The summed E-state index contributed by atoms with van der Waals surface area (Å²) in [6, 6.07) is 2.94. The van der Waals surface area contributed by atoms with E-state index in [2.05, 4.69) is 10.3 Å². The van der Waals surface area contributed by atoms with E-state index in [1.165, 1.54) is 24.8 Å². The predicted molar refractivity (Wildman–Crippen MR) is 69.2 cm³/mol. The lowest BCUT2D eigenvalue weighted by molar-refractivity contribution is -0.385. The van der Waals surface area contributed by atoms with E-state index in [1.807, 2.05) is 0 Å². The Bertz CT molecular complexity index is 380. The second-order valence-corrected chi connectivity index (χ2v) is 4.14. The maximum atomic E-state index is 10.4. The molecule has 2 rings (SSSR count). The van der Waals surface area contributed by atoms with Crippen LogP contribution in [0, 0.1) is 16.0 Å². The van der Waals surface area contributed by atoms with Crippen LogP contribution in [0.5, 0.6) is 5.88 Å². The average Bonchev–Trinajstić information content (AvgIpc) is 2.38. The highest BCUT2D eigenvalue weighted by Gasteiger charge is 2.14. The summed E-state index contributed by atoms with van der Waals surface area (Å²) in [6.07, 6.45) is 3.54. The third-order valence-electron chi connectivity index (χ3n) is 2.80. The topological polar surface area (TPSA) is 77.3 Å². The van der Waals surface area contributed by atoms with Gasteiger partial charge in [0.15, 0.2) is 0 Å². The van der Waals surface area contributed by atoms with E-state index < -0.39 is 4.92 Å². The summed E-state index contributed by atoms with van der Waals surface area (Å²) in [6.45, 7) is 2.65. The van der Waals surface area contributed by atoms with Crippen molar-refractivity contribution < 1.29 is 9.66 Å². The minimum atomic E-state index is -0.470. The number of halogens is 1. The van der Waals surface area contributed by atoms with Crippen molar-refractivity contribution in [3.8, 4) is 5.88 Å². The van der Waals surface area contributed by atoms with Crippen LogP contribution in [-0.2, 0) is 0 Å². The molecule has 1 aromatic heterocycles. The molecule has 2 heterocycles. The molecule has 1 atom stereocenters. The van der Waals surface area contributed by atoms with Crippen LogP contribution in [0.4, 0.5) is 5.69 Å². The molecule has 0 bridgehead atoms. The van der Waals surface area contributed by atoms with E-state index in [1.54, 1.807) is 0 Å². The highest BCUT2D eigenvalue weighted by Crippen LogP contribution is 2.16. The van der Waals surface area contributed by atoms with Gasteiger partial charge < -0.3 is 10.1 Å². The summed E-state index contributed by atoms with van der Waals surface area (Å²) < 4.78 is 5.51. The van der Waals surface area contributed by atoms with Crippen LogP contribution >= 0.6 is 12.4 Å². The van der Waals surface area contributed by atoms with Crippen molar-refractivity contribution in [2.24, 2.45) is 5.92 Å². The molecule has 0 aromatic carbocycles. The quantitative estimate of drug-likeness (QED) is 0.668. The van der Waals surface area contributed by atoms with Gasteiger partial charge in [-0.25, -0.2) is 4.98 Å². The van der Waals surface area contributed by atoms with Gasteiger partial charge >= 0.3 is 0 Å². The molecule has 7 heteroatoms. The minimum absolute atomic E-state index is 0. The molecular formula is C11H16ClN3O3. The van der Waals surface area contributed by atoms with Gasteiger partial charge in [0.1, 0.15) is 6.20 Å². The van der Waals surface area contributed by atoms with Gasteiger partial charge in [-0.2, -0.15) is 0 Å². The molecule has 0 saturated carbocycles. The number of piperidine rings is 1. The number of rotatable bonds is 4. The summed E-state index contributed by atoms with van der Waals surface area (Å²) in [5.74, 6) is 0.946. The largest absolute Gasteiger partial charge is 0.477 e. The number of hydrogen-bond donors (Lipinski definition) is 1. The van der Waals surface area contributed by atoms with E-state index in [4.69, 9.17) is 4.74 Å². The molecule has 0 radical (unpaired) electrons. The Morgan fingerprint density at radius 3 is 2.94 bits per heavy atom. The van der Waals surface area contributed by atoms with Crippen molar-refractivity contribution in [1.29, 1.82) is 0 Å². The van der Waals surface area contributed by atoms with Crippen LogP contribution in [0.3, 0.4) is 0 Å². The number of nitrogens with zero attached hydrogens (tertiary/aromatic N) is 2. The van der Waals surface area contributed by atoms with Crippen LogP contribution in [0.2, 0.25) is 0 Å². The number of pyridine rings is 1. The number of hydrogen-bond acceptors (Lipinski definition) is 5. The first-order valence-electron chi connectivity index (χ1n) is 5.69. The summed E-state index contributed by atoms with van der Waals surface area (Å²) >= 11 is 0. The Morgan fingerprint density at radius 1 is 1.56 bits per heavy atom. The van der Waals surface area contributed by atoms with Gasteiger partial charge in [-0.1, -0.05) is 0 Å². The molecular weight excluding hydrogens is 258 g/mol. The predicted octanol–water partition coefficient (Wildman–Crippen LogP) is 1.79. The third-order valence-corrected chi connectivity index (χ3v) is 2.80. The van der Waals surface area contributed by atoms with E-state index in [9.17, 15) is 10.1 Å². The first-order chi connectivity index (χ1) is 8.25. The Kier molecular flexibility index (Phi) is 5.80. The lowest BCUT2D eigenvalue weighted by atomic mass is 10.0. The van der Waals surface area contributed by atoms with Crippen molar-refractivity contribution in [1.82, 2.24) is 10.3 Å². The molecule has 1 aliphatic heterocycles. The van der Waals surface area contributed by atoms with Gasteiger partial charge in [0.05, 0.1) is 11.5 Å². The normalized spacial score (nSPS) is 18.8. The molecule has 1 saturated heterocycles. The first-order valence-corrected chi connectivity index (χ1v) is 5.69. The summed E-state index contributed by atoms with van der Waals surface area (Å²) in [5, 5.41) is 13.7. The van der Waals surface area contributed by atoms with Crippen LogP contribution < -0.4 is 10.1 Å². The van der Waals surface area contributed by atoms with E-state index >= 15 is 0 Å². The Labute approximate surface area is 111 Å². The Hall–Kier alpha value is -1.40. The molecule has 0 aliphatic carbocycles. The molecule has 1 aromatic rings. The standard InChI is InChI=1S/C11H15N3O3.ClH/c15-14(16)10-3-4-11(13-7-10)17-8-9-2-1-5-12-6-9;/h3-4,7,9,12H,1-2,5-6,8H2;1H. The molecule has 100 valence electrons. The molecule has 1 fully saturated rings. The highest BCUT2D eigenvalue weighted by atomic mass is 35.5. The van der Waals surface area contributed by atoms with Gasteiger partial charge in [0.2, 0.25) is 5.88 Å². The zero-order valence-electron chi connectivity index (χ0n) is 9.87. The number of nitro groups is 1. The van der Waals surface area contributed by atoms with Crippen LogP contribution in [0.15, 0.2) is 18.3 Å². The fourth-order valence-electron chi connectivity index (χ4n) is 1.84. The fourth-order valence-corrected chi connectivity index (χ4v) is 1.84.